The van der Waals surface area contributed by atoms with Gasteiger partial charge in [0.25, 0.3) is 0 Å². The van der Waals surface area contributed by atoms with E-state index in [1.807, 2.05) is 85.8 Å². The van der Waals surface area contributed by atoms with Crippen LogP contribution in [0.3, 0.4) is 0 Å². The van der Waals surface area contributed by atoms with Gasteiger partial charge in [-0.1, -0.05) is 232 Å². The maximum atomic E-state index is 5.73. The number of benzene rings is 8. The molecule has 322 valence electrons. The van der Waals surface area contributed by atoms with Crippen LogP contribution in [0.5, 0.6) is 0 Å². The van der Waals surface area contributed by atoms with Gasteiger partial charge in [0.15, 0.2) is 0 Å². The highest BCUT2D eigenvalue weighted by atomic mass is 16.3. The summed E-state index contributed by atoms with van der Waals surface area (Å²) in [5.41, 5.74) is 18.1. The zero-order valence-electron chi connectivity index (χ0n) is 39.4. The van der Waals surface area contributed by atoms with Crippen molar-refractivity contribution in [1.29, 1.82) is 0 Å². The summed E-state index contributed by atoms with van der Waals surface area (Å²) in [7, 11) is 0. The number of hydrogen-bond acceptors (Lipinski definition) is 1. The van der Waals surface area contributed by atoms with Crippen LogP contribution in [-0.4, -0.2) is 0 Å². The van der Waals surface area contributed by atoms with E-state index < -0.39 is 0 Å². The molecule has 8 aromatic carbocycles. The van der Waals surface area contributed by atoms with Crippen LogP contribution >= 0.6 is 0 Å². The van der Waals surface area contributed by atoms with Gasteiger partial charge < -0.3 is 4.42 Å². The van der Waals surface area contributed by atoms with E-state index in [0.29, 0.717) is 0 Å². The predicted molar refractivity (Wildman–Crippen MR) is 281 cm³/mol. The Hall–Kier alpha value is -6.96. The average molecular weight is 837 g/mol. The van der Waals surface area contributed by atoms with E-state index in [4.69, 9.17) is 4.42 Å². The molecule has 0 aliphatic heterocycles. The van der Waals surface area contributed by atoms with E-state index in [-0.39, 0.29) is 5.41 Å². The Kier molecular flexibility index (Phi) is 15.9. The summed E-state index contributed by atoms with van der Waals surface area (Å²) in [4.78, 5) is 0. The summed E-state index contributed by atoms with van der Waals surface area (Å²) in [6, 6.07) is 61.5. The molecule has 64 heavy (non-hydrogen) atoms. The Balaban J connectivity index is 0.000000140. The molecule has 1 heterocycles. The highest BCUT2D eigenvalue weighted by molar-refractivity contribution is 6.06. The lowest BCUT2D eigenvalue weighted by molar-refractivity contribution is 0.659. The minimum absolute atomic E-state index is 0.0888. The van der Waals surface area contributed by atoms with E-state index in [0.717, 1.165) is 23.2 Å². The van der Waals surface area contributed by atoms with Gasteiger partial charge in [0.05, 0.1) is 0 Å². The largest absolute Gasteiger partial charge is 0.456 e. The van der Waals surface area contributed by atoms with Crippen LogP contribution in [0.4, 0.5) is 0 Å². The van der Waals surface area contributed by atoms with Gasteiger partial charge in [0.1, 0.15) is 11.2 Å². The molecule has 0 fully saturated rings. The third-order valence-electron chi connectivity index (χ3n) is 11.8. The Morgan fingerprint density at radius 1 is 0.531 bits per heavy atom. The summed E-state index contributed by atoms with van der Waals surface area (Å²) in [6.45, 7) is 23.6. The van der Waals surface area contributed by atoms with Crippen LogP contribution < -0.4 is 0 Å². The van der Waals surface area contributed by atoms with Gasteiger partial charge in [-0.15, -0.1) is 0 Å². The smallest absolute Gasteiger partial charge is 0.135 e. The first-order valence-electron chi connectivity index (χ1n) is 22.5. The summed E-state index contributed by atoms with van der Waals surface area (Å²) >= 11 is 0. The van der Waals surface area contributed by atoms with Gasteiger partial charge in [0, 0.05) is 16.2 Å². The second kappa shape index (κ2) is 21.9. The fourth-order valence-electron chi connectivity index (χ4n) is 8.30. The van der Waals surface area contributed by atoms with Crippen LogP contribution in [0.1, 0.15) is 77.8 Å². The lowest BCUT2D eigenvalue weighted by atomic mass is 9.81. The van der Waals surface area contributed by atoms with Crippen molar-refractivity contribution >= 4 is 38.3 Å². The van der Waals surface area contributed by atoms with E-state index in [2.05, 4.69) is 183 Å². The number of allylic oxidation sites excluding steroid dienone is 5. The first kappa shape index (κ1) is 46.5. The van der Waals surface area contributed by atoms with Crippen molar-refractivity contribution in [1.82, 2.24) is 0 Å². The van der Waals surface area contributed by atoms with Crippen LogP contribution in [0.2, 0.25) is 0 Å². The summed E-state index contributed by atoms with van der Waals surface area (Å²) in [5.74, 6) is 0. The van der Waals surface area contributed by atoms with Crippen LogP contribution in [-0.2, 0) is 11.8 Å². The van der Waals surface area contributed by atoms with Crippen molar-refractivity contribution in [2.45, 2.75) is 74.1 Å². The van der Waals surface area contributed by atoms with Crippen molar-refractivity contribution in [3.05, 3.63) is 257 Å². The minimum Gasteiger partial charge on any atom is -0.456 e. The normalized spacial score (nSPS) is 12.0. The first-order valence-corrected chi connectivity index (χ1v) is 22.5. The zero-order valence-corrected chi connectivity index (χ0v) is 39.4. The van der Waals surface area contributed by atoms with Gasteiger partial charge in [0.2, 0.25) is 0 Å². The van der Waals surface area contributed by atoms with E-state index in [1.54, 1.807) is 0 Å². The first-order chi connectivity index (χ1) is 30.9. The van der Waals surface area contributed by atoms with Gasteiger partial charge in [-0.05, 0) is 121 Å². The summed E-state index contributed by atoms with van der Waals surface area (Å²) in [6.07, 6.45) is 9.17. The number of rotatable bonds is 4. The molecular weight excluding hydrogens is 773 g/mol. The second-order valence-electron chi connectivity index (χ2n) is 17.2. The molecule has 0 bridgehead atoms. The summed E-state index contributed by atoms with van der Waals surface area (Å²) in [5, 5.41) is 5.22. The molecule has 0 radical (unpaired) electrons. The topological polar surface area (TPSA) is 13.1 Å². The molecule has 1 aliphatic rings. The van der Waals surface area contributed by atoms with Crippen molar-refractivity contribution in [3.8, 4) is 11.1 Å². The van der Waals surface area contributed by atoms with Crippen molar-refractivity contribution < 1.29 is 4.42 Å². The third kappa shape index (κ3) is 11.3. The lowest BCUT2D eigenvalue weighted by Crippen LogP contribution is -2.15. The Morgan fingerprint density at radius 3 is 1.77 bits per heavy atom. The maximum absolute atomic E-state index is 5.73. The van der Waals surface area contributed by atoms with Crippen molar-refractivity contribution in [2.24, 2.45) is 0 Å². The number of aryl methyl sites for hydroxylation is 6. The Labute approximate surface area is 383 Å². The number of hydrogen-bond donors (Lipinski definition) is 0. The molecule has 0 unspecified atom stereocenters. The van der Waals surface area contributed by atoms with Crippen molar-refractivity contribution in [2.75, 3.05) is 0 Å². The Morgan fingerprint density at radius 2 is 1.12 bits per heavy atom. The molecule has 1 nitrogen and oxygen atoms in total. The standard InChI is InChI=1S/C21H20.C14H16.C13H10O.C8H10.C7H8/c1-13-9-10-17-18(11-13)21(3,4)19-12-14(2)15-7-5-6-8-16(15)20(17)19;1-4-5-6-9-13(3)14-10-7-8-12(2)11-14;1-9-5-4-8-12-13(9)10-6-2-3-7-11(10)14-12;1-2-8-6-4-3-5-7-8;1-7-5-3-2-4-6-7/h5-12H,1-4H3;4-11H,3H2,1-2H3;2-8H,1H3;3-7H,2H2,1H3;2-6H,1H3/b;5-4-,9-6-;;;. The van der Waals surface area contributed by atoms with Crippen LogP contribution in [0, 0.1) is 34.6 Å². The molecule has 0 saturated heterocycles. The minimum atomic E-state index is 0.0888. The SMILES string of the molecule is C=C(/C=C\C=C/C)c1cccc(C)c1.CCc1ccccc1.Cc1ccc2c(c1)C(C)(C)c1cc(C)c3ccccc3c1-2.Cc1cccc2oc3ccccc3c12.Cc1ccccc1. The predicted octanol–water partition coefficient (Wildman–Crippen LogP) is 18.0. The molecule has 0 spiro atoms. The number of furan rings is 1. The van der Waals surface area contributed by atoms with E-state index in [1.165, 1.54) is 82.7 Å². The number of para-hydroxylation sites is 1. The molecule has 0 saturated carbocycles. The molecule has 9 aromatic rings. The van der Waals surface area contributed by atoms with Gasteiger partial charge in [-0.3, -0.25) is 0 Å². The highest BCUT2D eigenvalue weighted by Crippen LogP contribution is 2.52. The Bertz CT molecular complexity index is 3010. The molecule has 0 amide bonds. The van der Waals surface area contributed by atoms with Gasteiger partial charge in [-0.25, -0.2) is 0 Å². The van der Waals surface area contributed by atoms with E-state index in [9.17, 15) is 0 Å². The van der Waals surface area contributed by atoms with Gasteiger partial charge >= 0.3 is 0 Å². The highest BCUT2D eigenvalue weighted by Gasteiger charge is 2.36. The van der Waals surface area contributed by atoms with Crippen LogP contribution in [0.25, 0.3) is 49.4 Å². The fourth-order valence-corrected chi connectivity index (χ4v) is 8.30. The third-order valence-corrected chi connectivity index (χ3v) is 11.8. The van der Waals surface area contributed by atoms with Crippen molar-refractivity contribution in [3.63, 3.8) is 0 Å². The lowest BCUT2D eigenvalue weighted by Gasteiger charge is -2.22. The molecule has 1 aliphatic carbocycles. The monoisotopic (exact) mass is 836 g/mol. The molecule has 10 rings (SSSR count). The molecule has 1 heteroatoms. The van der Waals surface area contributed by atoms with E-state index >= 15 is 0 Å². The quantitative estimate of drug-likeness (QED) is 0.161. The average Bonchev–Trinajstić information content (AvgIpc) is 3.80. The number of fused-ring (bicyclic) bond motifs is 8. The van der Waals surface area contributed by atoms with Gasteiger partial charge in [-0.2, -0.15) is 0 Å². The summed E-state index contributed by atoms with van der Waals surface area (Å²) < 4.78 is 5.73. The van der Waals surface area contributed by atoms with Crippen LogP contribution in [0.15, 0.2) is 211 Å². The second-order valence-corrected chi connectivity index (χ2v) is 17.2. The molecule has 1 aromatic heterocycles. The maximum Gasteiger partial charge on any atom is 0.135 e. The molecular formula is C63H64O. The zero-order chi connectivity index (χ0) is 45.6. The fraction of sp³-hybridized carbons (Fsp3) is 0.175. The molecule has 0 N–H and O–H groups in total. The molecule has 0 atom stereocenters.